The average molecular weight is 342 g/mol. The number of hydrogen-bond acceptors (Lipinski definition) is 3. The molecule has 0 unspecified atom stereocenters. The minimum atomic E-state index is -0.240. The number of nitrogens with zero attached hydrogens (tertiary/aromatic N) is 2. The Hall–Kier alpha value is -1.24. The van der Waals surface area contributed by atoms with Crippen molar-refractivity contribution < 1.29 is 9.13 Å². The van der Waals surface area contributed by atoms with E-state index in [0.717, 1.165) is 22.3 Å². The molecule has 0 bridgehead atoms. The number of rotatable bonds is 7. The van der Waals surface area contributed by atoms with Gasteiger partial charge in [0.15, 0.2) is 0 Å². The number of imidazole rings is 1. The molecule has 0 aliphatic heterocycles. The van der Waals surface area contributed by atoms with Gasteiger partial charge in [0, 0.05) is 37.4 Å². The van der Waals surface area contributed by atoms with Gasteiger partial charge in [0.1, 0.15) is 5.82 Å². The van der Waals surface area contributed by atoms with Crippen LogP contribution in [0, 0.1) is 5.82 Å². The first-order valence-electron chi connectivity index (χ1n) is 6.32. The van der Waals surface area contributed by atoms with E-state index in [4.69, 9.17) is 4.74 Å². The van der Waals surface area contributed by atoms with E-state index in [2.05, 4.69) is 26.2 Å². The molecule has 0 fully saturated rings. The number of benzene rings is 1. The summed E-state index contributed by atoms with van der Waals surface area (Å²) in [5.74, 6) is -0.240. The topological polar surface area (TPSA) is 39.1 Å². The van der Waals surface area contributed by atoms with Gasteiger partial charge in [0.25, 0.3) is 0 Å². The van der Waals surface area contributed by atoms with E-state index < -0.39 is 0 Å². The number of ether oxygens (including phenoxy) is 1. The first kappa shape index (κ1) is 15.2. The SMILES string of the molecule is COCCNCc1cn(Cc2cc(F)cc(Br)c2)cn1. The van der Waals surface area contributed by atoms with Crippen LogP contribution in [0.5, 0.6) is 0 Å². The van der Waals surface area contributed by atoms with Crippen LogP contribution in [0.3, 0.4) is 0 Å². The Morgan fingerprint density at radius 1 is 1.40 bits per heavy atom. The lowest BCUT2D eigenvalue weighted by Crippen LogP contribution is -2.18. The van der Waals surface area contributed by atoms with Crippen LogP contribution < -0.4 is 5.32 Å². The molecule has 2 aromatic rings. The number of hydrogen-bond donors (Lipinski definition) is 1. The van der Waals surface area contributed by atoms with Crippen molar-refractivity contribution >= 4 is 15.9 Å². The zero-order valence-electron chi connectivity index (χ0n) is 11.3. The summed E-state index contributed by atoms with van der Waals surface area (Å²) in [6.45, 7) is 2.77. The second kappa shape index (κ2) is 7.52. The summed E-state index contributed by atoms with van der Waals surface area (Å²) in [5, 5.41) is 3.23. The molecule has 108 valence electrons. The molecular formula is C14H17BrFN3O. The number of aromatic nitrogens is 2. The monoisotopic (exact) mass is 341 g/mol. The predicted octanol–water partition coefficient (Wildman–Crippen LogP) is 2.57. The van der Waals surface area contributed by atoms with Crippen molar-refractivity contribution in [3.05, 3.63) is 52.3 Å². The van der Waals surface area contributed by atoms with Crippen molar-refractivity contribution in [2.75, 3.05) is 20.3 Å². The predicted molar refractivity (Wildman–Crippen MR) is 79.0 cm³/mol. The molecule has 1 heterocycles. The third kappa shape index (κ3) is 4.70. The smallest absolute Gasteiger partial charge is 0.124 e. The summed E-state index contributed by atoms with van der Waals surface area (Å²) in [6, 6.07) is 4.88. The molecule has 0 saturated heterocycles. The van der Waals surface area contributed by atoms with E-state index in [1.54, 1.807) is 13.4 Å². The molecule has 4 nitrogen and oxygen atoms in total. The molecule has 6 heteroatoms. The minimum absolute atomic E-state index is 0.240. The van der Waals surface area contributed by atoms with Gasteiger partial charge in [-0.3, -0.25) is 0 Å². The van der Waals surface area contributed by atoms with Crippen molar-refractivity contribution in [2.24, 2.45) is 0 Å². The molecule has 0 spiro atoms. The van der Waals surface area contributed by atoms with Crippen LogP contribution in [0.15, 0.2) is 35.2 Å². The van der Waals surface area contributed by atoms with E-state index >= 15 is 0 Å². The van der Waals surface area contributed by atoms with Crippen molar-refractivity contribution in [1.29, 1.82) is 0 Å². The lowest BCUT2D eigenvalue weighted by molar-refractivity contribution is 0.199. The summed E-state index contributed by atoms with van der Waals surface area (Å²) in [7, 11) is 1.67. The van der Waals surface area contributed by atoms with Gasteiger partial charge in [-0.1, -0.05) is 15.9 Å². The Morgan fingerprint density at radius 2 is 2.25 bits per heavy atom. The Labute approximate surface area is 126 Å². The second-order valence-corrected chi connectivity index (χ2v) is 5.40. The van der Waals surface area contributed by atoms with Crippen LogP contribution in [0.25, 0.3) is 0 Å². The van der Waals surface area contributed by atoms with Gasteiger partial charge >= 0.3 is 0 Å². The summed E-state index contributed by atoms with van der Waals surface area (Å²) in [6.07, 6.45) is 3.71. The van der Waals surface area contributed by atoms with Crippen LogP contribution in [0.1, 0.15) is 11.3 Å². The average Bonchev–Trinajstić information content (AvgIpc) is 2.81. The minimum Gasteiger partial charge on any atom is -0.383 e. The maximum absolute atomic E-state index is 13.3. The largest absolute Gasteiger partial charge is 0.383 e. The van der Waals surface area contributed by atoms with E-state index in [9.17, 15) is 4.39 Å². The zero-order chi connectivity index (χ0) is 14.4. The van der Waals surface area contributed by atoms with E-state index in [1.165, 1.54) is 12.1 Å². The van der Waals surface area contributed by atoms with Crippen LogP contribution in [0.4, 0.5) is 4.39 Å². The third-order valence-electron chi connectivity index (χ3n) is 2.76. The first-order chi connectivity index (χ1) is 9.67. The van der Waals surface area contributed by atoms with E-state index in [1.807, 2.05) is 16.8 Å². The molecule has 1 N–H and O–H groups in total. The maximum atomic E-state index is 13.3. The van der Waals surface area contributed by atoms with Crippen LogP contribution >= 0.6 is 15.9 Å². The van der Waals surface area contributed by atoms with Crippen LogP contribution in [-0.4, -0.2) is 29.8 Å². The molecule has 2 rings (SSSR count). The Balaban J connectivity index is 1.92. The molecule has 0 aliphatic rings. The second-order valence-electron chi connectivity index (χ2n) is 4.48. The van der Waals surface area contributed by atoms with Gasteiger partial charge in [0.05, 0.1) is 18.6 Å². The van der Waals surface area contributed by atoms with Gasteiger partial charge in [0.2, 0.25) is 0 Å². The van der Waals surface area contributed by atoms with Gasteiger partial charge in [-0.25, -0.2) is 9.37 Å². The Morgan fingerprint density at radius 3 is 3.00 bits per heavy atom. The third-order valence-corrected chi connectivity index (χ3v) is 3.22. The molecule has 0 atom stereocenters. The van der Waals surface area contributed by atoms with Gasteiger partial charge in [-0.15, -0.1) is 0 Å². The number of halogens is 2. The number of nitrogens with one attached hydrogen (secondary N) is 1. The standard InChI is InChI=1S/C14H17BrFN3O/c1-20-3-2-17-7-14-9-19(10-18-14)8-11-4-12(15)6-13(16)5-11/h4-6,9-10,17H,2-3,7-8H2,1H3. The Bertz CT molecular complexity index is 539. The molecular weight excluding hydrogens is 325 g/mol. The molecule has 1 aromatic carbocycles. The van der Waals surface area contributed by atoms with Gasteiger partial charge in [-0.2, -0.15) is 0 Å². The van der Waals surface area contributed by atoms with E-state index in [0.29, 0.717) is 19.7 Å². The Kier molecular flexibility index (Phi) is 5.70. The molecule has 1 aromatic heterocycles. The summed E-state index contributed by atoms with van der Waals surface area (Å²) in [5.41, 5.74) is 1.85. The molecule has 0 aliphatic carbocycles. The highest BCUT2D eigenvalue weighted by molar-refractivity contribution is 9.10. The summed E-state index contributed by atoms with van der Waals surface area (Å²) in [4.78, 5) is 4.31. The maximum Gasteiger partial charge on any atom is 0.124 e. The van der Waals surface area contributed by atoms with Crippen molar-refractivity contribution in [3.8, 4) is 0 Å². The van der Waals surface area contributed by atoms with Crippen LogP contribution in [-0.2, 0) is 17.8 Å². The molecule has 0 amide bonds. The fourth-order valence-corrected chi connectivity index (χ4v) is 2.40. The first-order valence-corrected chi connectivity index (χ1v) is 7.12. The lowest BCUT2D eigenvalue weighted by atomic mass is 10.2. The summed E-state index contributed by atoms with van der Waals surface area (Å²) >= 11 is 3.29. The van der Waals surface area contributed by atoms with Crippen LogP contribution in [0.2, 0.25) is 0 Å². The quantitative estimate of drug-likeness (QED) is 0.786. The highest BCUT2D eigenvalue weighted by Gasteiger charge is 2.02. The van der Waals surface area contributed by atoms with E-state index in [-0.39, 0.29) is 5.82 Å². The lowest BCUT2D eigenvalue weighted by Gasteiger charge is -2.04. The molecule has 0 radical (unpaired) electrons. The molecule has 20 heavy (non-hydrogen) atoms. The van der Waals surface area contributed by atoms with Crippen molar-refractivity contribution in [1.82, 2.24) is 14.9 Å². The highest BCUT2D eigenvalue weighted by Crippen LogP contribution is 2.15. The molecule has 0 saturated carbocycles. The fourth-order valence-electron chi connectivity index (χ4n) is 1.89. The number of methoxy groups -OCH3 is 1. The van der Waals surface area contributed by atoms with Gasteiger partial charge < -0.3 is 14.6 Å². The summed E-state index contributed by atoms with van der Waals surface area (Å²) < 4.78 is 20.9. The highest BCUT2D eigenvalue weighted by atomic mass is 79.9. The fraction of sp³-hybridized carbons (Fsp3) is 0.357. The zero-order valence-corrected chi connectivity index (χ0v) is 12.9. The van der Waals surface area contributed by atoms with Gasteiger partial charge in [-0.05, 0) is 23.8 Å². The van der Waals surface area contributed by atoms with Crippen molar-refractivity contribution in [2.45, 2.75) is 13.1 Å². The normalized spacial score (nSPS) is 10.9. The van der Waals surface area contributed by atoms with Crippen molar-refractivity contribution in [3.63, 3.8) is 0 Å².